The second-order valence-corrected chi connectivity index (χ2v) is 7.20. The van der Waals surface area contributed by atoms with Crippen LogP contribution in [0.25, 0.3) is 0 Å². The van der Waals surface area contributed by atoms with Gasteiger partial charge in [0.05, 0.1) is 18.2 Å². The van der Waals surface area contributed by atoms with Gasteiger partial charge in [-0.1, -0.05) is 0 Å². The number of rotatable bonds is 3. The number of benzene rings is 1. The van der Waals surface area contributed by atoms with Crippen molar-refractivity contribution in [2.24, 2.45) is 0 Å². The lowest BCUT2D eigenvalue weighted by Gasteiger charge is -2.37. The number of amides is 2. The van der Waals surface area contributed by atoms with E-state index in [2.05, 4.69) is 19.8 Å². The lowest BCUT2D eigenvalue weighted by molar-refractivity contribution is -0.123. The van der Waals surface area contributed by atoms with Crippen LogP contribution < -0.4 is 9.80 Å². The highest BCUT2D eigenvalue weighted by molar-refractivity contribution is 6.22. The van der Waals surface area contributed by atoms with Crippen LogP contribution in [-0.2, 0) is 9.59 Å². The monoisotopic (exact) mass is 383 g/mol. The van der Waals surface area contributed by atoms with E-state index in [4.69, 9.17) is 0 Å². The average Bonchev–Trinajstić information content (AvgIpc) is 2.96. The number of carbonyl (C=O) groups excluding carboxylic acids is 2. The Balaban J connectivity index is 1.44. The molecule has 0 aliphatic carbocycles. The zero-order chi connectivity index (χ0) is 19.8. The third-order valence-electron chi connectivity index (χ3n) is 5.24. The van der Waals surface area contributed by atoms with E-state index >= 15 is 0 Å². The minimum Gasteiger partial charge on any atom is -0.354 e. The van der Waals surface area contributed by atoms with Gasteiger partial charge in [-0.2, -0.15) is 0 Å². The van der Waals surface area contributed by atoms with Crippen LogP contribution in [0.3, 0.4) is 0 Å². The maximum absolute atomic E-state index is 13.2. The molecule has 4 rings (SSSR count). The molecule has 146 valence electrons. The van der Waals surface area contributed by atoms with Gasteiger partial charge < -0.3 is 4.90 Å². The summed E-state index contributed by atoms with van der Waals surface area (Å²) in [6, 6.07) is 6.94. The third kappa shape index (κ3) is 3.47. The summed E-state index contributed by atoms with van der Waals surface area (Å²) < 4.78 is 13.2. The second-order valence-electron chi connectivity index (χ2n) is 7.20. The smallest absolute Gasteiger partial charge is 0.251 e. The van der Waals surface area contributed by atoms with E-state index in [0.29, 0.717) is 18.8 Å². The molecule has 0 spiro atoms. The first-order valence-electron chi connectivity index (χ1n) is 9.36. The van der Waals surface area contributed by atoms with Crippen molar-refractivity contribution in [2.75, 3.05) is 36.0 Å². The van der Waals surface area contributed by atoms with E-state index in [0.717, 1.165) is 30.4 Å². The van der Waals surface area contributed by atoms with Crippen molar-refractivity contribution in [2.45, 2.75) is 26.3 Å². The molecular formula is C20H22FN5O2. The van der Waals surface area contributed by atoms with Crippen molar-refractivity contribution < 1.29 is 14.0 Å². The maximum Gasteiger partial charge on any atom is 0.251 e. The zero-order valence-corrected chi connectivity index (χ0v) is 15.9. The Morgan fingerprint density at radius 1 is 1.00 bits per heavy atom. The van der Waals surface area contributed by atoms with Crippen molar-refractivity contribution in [1.29, 1.82) is 0 Å². The number of aromatic nitrogens is 2. The lowest BCUT2D eigenvalue weighted by atomic mass is 10.1. The van der Waals surface area contributed by atoms with Gasteiger partial charge in [-0.05, 0) is 38.1 Å². The largest absolute Gasteiger partial charge is 0.354 e. The van der Waals surface area contributed by atoms with Gasteiger partial charge >= 0.3 is 0 Å². The molecule has 2 fully saturated rings. The second kappa shape index (κ2) is 7.27. The Labute approximate surface area is 162 Å². The predicted molar refractivity (Wildman–Crippen MR) is 103 cm³/mol. The fourth-order valence-corrected chi connectivity index (χ4v) is 3.88. The number of carbonyl (C=O) groups is 2. The van der Waals surface area contributed by atoms with Gasteiger partial charge in [0.2, 0.25) is 5.91 Å². The summed E-state index contributed by atoms with van der Waals surface area (Å²) in [5, 5.41) is 0. The number of anilines is 2. The first-order valence-corrected chi connectivity index (χ1v) is 9.36. The Morgan fingerprint density at radius 3 is 2.32 bits per heavy atom. The number of aryl methyl sites for hydroxylation is 2. The molecule has 2 amide bonds. The molecule has 1 aromatic heterocycles. The first kappa shape index (κ1) is 18.5. The highest BCUT2D eigenvalue weighted by Crippen LogP contribution is 2.27. The SMILES string of the molecule is Cc1cc(N2CCN([C@@H]3CC(=O)N(c4ccc(F)cc4)C3=O)CC2)nc(C)n1. The summed E-state index contributed by atoms with van der Waals surface area (Å²) in [7, 11) is 0. The molecule has 1 atom stereocenters. The van der Waals surface area contributed by atoms with Crippen molar-refractivity contribution >= 4 is 23.3 Å². The van der Waals surface area contributed by atoms with E-state index in [9.17, 15) is 14.0 Å². The predicted octanol–water partition coefficient (Wildman–Crippen LogP) is 1.69. The van der Waals surface area contributed by atoms with E-state index in [1.54, 1.807) is 0 Å². The molecule has 0 radical (unpaired) electrons. The summed E-state index contributed by atoms with van der Waals surface area (Å²) in [5.41, 5.74) is 1.35. The molecule has 8 heteroatoms. The molecule has 2 aliphatic heterocycles. The topological polar surface area (TPSA) is 69.6 Å². The van der Waals surface area contributed by atoms with Gasteiger partial charge in [-0.3, -0.25) is 14.5 Å². The molecule has 1 aromatic carbocycles. The van der Waals surface area contributed by atoms with Crippen LogP contribution in [0.1, 0.15) is 17.9 Å². The average molecular weight is 383 g/mol. The summed E-state index contributed by atoms with van der Waals surface area (Å²) in [5.74, 6) is 0.755. The first-order chi connectivity index (χ1) is 13.4. The van der Waals surface area contributed by atoms with Crippen LogP contribution in [0.15, 0.2) is 30.3 Å². The standard InChI is InChI=1S/C20H22FN5O2/c1-13-11-18(23-14(2)22-13)25-9-7-24(8-10-25)17-12-19(27)26(20(17)28)16-5-3-15(21)4-6-16/h3-6,11,17H,7-10,12H2,1-2H3/t17-/m1/s1. The number of imide groups is 1. The Hall–Kier alpha value is -2.87. The highest BCUT2D eigenvalue weighted by atomic mass is 19.1. The van der Waals surface area contributed by atoms with Gasteiger partial charge in [0.1, 0.15) is 17.5 Å². The molecular weight excluding hydrogens is 361 g/mol. The van der Waals surface area contributed by atoms with E-state index in [1.807, 2.05) is 19.9 Å². The van der Waals surface area contributed by atoms with Crippen molar-refractivity contribution in [1.82, 2.24) is 14.9 Å². The molecule has 0 bridgehead atoms. The minimum atomic E-state index is -0.464. The van der Waals surface area contributed by atoms with Gasteiger partial charge in [-0.15, -0.1) is 0 Å². The van der Waals surface area contributed by atoms with Crippen molar-refractivity contribution in [3.63, 3.8) is 0 Å². The number of nitrogens with zero attached hydrogens (tertiary/aromatic N) is 5. The lowest BCUT2D eigenvalue weighted by Crippen LogP contribution is -2.52. The van der Waals surface area contributed by atoms with Gasteiger partial charge in [-0.25, -0.2) is 19.3 Å². The van der Waals surface area contributed by atoms with E-state index in [1.165, 1.54) is 29.2 Å². The summed E-state index contributed by atoms with van der Waals surface area (Å²) in [4.78, 5) is 39.5. The molecule has 2 saturated heterocycles. The quantitative estimate of drug-likeness (QED) is 0.752. The number of halogens is 1. The maximum atomic E-state index is 13.2. The van der Waals surface area contributed by atoms with E-state index < -0.39 is 11.9 Å². The van der Waals surface area contributed by atoms with Crippen LogP contribution in [0, 0.1) is 19.7 Å². The number of hydrogen-bond acceptors (Lipinski definition) is 6. The normalized spacial score (nSPS) is 20.9. The van der Waals surface area contributed by atoms with Gasteiger partial charge in [0.25, 0.3) is 5.91 Å². The van der Waals surface area contributed by atoms with Gasteiger partial charge in [0, 0.05) is 37.9 Å². The molecule has 0 N–H and O–H groups in total. The molecule has 2 aromatic rings. The molecule has 0 unspecified atom stereocenters. The molecule has 28 heavy (non-hydrogen) atoms. The summed E-state index contributed by atoms with van der Waals surface area (Å²) in [6.45, 7) is 6.61. The van der Waals surface area contributed by atoms with Crippen molar-refractivity contribution in [3.05, 3.63) is 47.7 Å². The Bertz CT molecular complexity index is 889. The third-order valence-corrected chi connectivity index (χ3v) is 5.24. The van der Waals surface area contributed by atoms with E-state index in [-0.39, 0.29) is 18.2 Å². The summed E-state index contributed by atoms with van der Waals surface area (Å²) >= 11 is 0. The van der Waals surface area contributed by atoms with Crippen LogP contribution in [-0.4, -0.2) is 58.9 Å². The summed E-state index contributed by atoms with van der Waals surface area (Å²) in [6.07, 6.45) is 0.155. The fraction of sp³-hybridized carbons (Fsp3) is 0.400. The Kier molecular flexibility index (Phi) is 4.80. The molecule has 2 aliphatic rings. The number of piperazine rings is 1. The van der Waals surface area contributed by atoms with Crippen LogP contribution >= 0.6 is 0 Å². The van der Waals surface area contributed by atoms with Gasteiger partial charge in [0.15, 0.2) is 0 Å². The van der Waals surface area contributed by atoms with Crippen LogP contribution in [0.5, 0.6) is 0 Å². The molecule has 7 nitrogen and oxygen atoms in total. The zero-order valence-electron chi connectivity index (χ0n) is 15.9. The van der Waals surface area contributed by atoms with Crippen molar-refractivity contribution in [3.8, 4) is 0 Å². The molecule has 3 heterocycles. The number of hydrogen-bond donors (Lipinski definition) is 0. The van der Waals surface area contributed by atoms with Crippen LogP contribution in [0.4, 0.5) is 15.9 Å². The Morgan fingerprint density at radius 2 is 1.68 bits per heavy atom. The molecule has 0 saturated carbocycles. The highest BCUT2D eigenvalue weighted by Gasteiger charge is 2.43. The minimum absolute atomic E-state index is 0.155. The fourth-order valence-electron chi connectivity index (χ4n) is 3.88. The van der Waals surface area contributed by atoms with Crippen LogP contribution in [0.2, 0.25) is 0 Å².